The maximum atomic E-state index is 13.5. The fourth-order valence-electron chi connectivity index (χ4n) is 4.18. The Hall–Kier alpha value is -3.52. The summed E-state index contributed by atoms with van der Waals surface area (Å²) in [6.45, 7) is 1.77. The van der Waals surface area contributed by atoms with Gasteiger partial charge < -0.3 is 0 Å². The van der Waals surface area contributed by atoms with Crippen LogP contribution in [0.15, 0.2) is 60.2 Å². The smallest absolute Gasteiger partial charge is 0.272 e. The van der Waals surface area contributed by atoms with Crippen molar-refractivity contribution in [2.45, 2.75) is 26.3 Å². The maximum absolute atomic E-state index is 13.5. The highest BCUT2D eigenvalue weighted by Crippen LogP contribution is 2.39. The van der Waals surface area contributed by atoms with Gasteiger partial charge in [-0.1, -0.05) is 47.5 Å². The van der Waals surface area contributed by atoms with Gasteiger partial charge >= 0.3 is 0 Å². The molecule has 1 aliphatic carbocycles. The number of carbonyl (C=O) groups is 3. The van der Waals surface area contributed by atoms with Crippen molar-refractivity contribution in [2.24, 2.45) is 11.8 Å². The summed E-state index contributed by atoms with van der Waals surface area (Å²) in [6, 6.07) is 12.0. The number of nitro groups is 1. The molecule has 1 fully saturated rings. The predicted molar refractivity (Wildman–Crippen MR) is 116 cm³/mol. The first-order chi connectivity index (χ1) is 15.3. The third kappa shape index (κ3) is 3.89. The lowest BCUT2D eigenvalue weighted by molar-refractivity contribution is -0.384. The lowest BCUT2D eigenvalue weighted by Crippen LogP contribution is -2.49. The van der Waals surface area contributed by atoms with E-state index in [2.05, 4.69) is 0 Å². The Kier molecular flexibility index (Phi) is 5.80. The maximum Gasteiger partial charge on any atom is 0.273 e. The number of carbonyl (C=O) groups excluding carboxylic acids is 3. The topological polar surface area (TPSA) is 101 Å². The predicted octanol–water partition coefficient (Wildman–Crippen LogP) is 4.15. The molecule has 2 aliphatic rings. The van der Waals surface area contributed by atoms with E-state index in [1.807, 2.05) is 13.0 Å². The van der Waals surface area contributed by atoms with Crippen LogP contribution in [0, 0.1) is 22.0 Å². The van der Waals surface area contributed by atoms with Gasteiger partial charge in [0.2, 0.25) is 0 Å². The van der Waals surface area contributed by atoms with Gasteiger partial charge in [0.1, 0.15) is 0 Å². The molecular weight excluding hydrogens is 434 g/mol. The monoisotopic (exact) mass is 453 g/mol. The molecule has 2 atom stereocenters. The molecule has 8 nitrogen and oxygen atoms in total. The molecule has 32 heavy (non-hydrogen) atoms. The number of benzene rings is 2. The van der Waals surface area contributed by atoms with E-state index in [1.165, 1.54) is 18.2 Å². The minimum absolute atomic E-state index is 0.00367. The molecule has 3 amide bonds. The van der Waals surface area contributed by atoms with Crippen molar-refractivity contribution < 1.29 is 19.3 Å². The van der Waals surface area contributed by atoms with E-state index >= 15 is 0 Å². The number of hydrogen-bond acceptors (Lipinski definition) is 5. The van der Waals surface area contributed by atoms with Gasteiger partial charge in [-0.15, -0.1) is 0 Å². The van der Waals surface area contributed by atoms with Crippen LogP contribution < -0.4 is 0 Å². The lowest BCUT2D eigenvalue weighted by Gasteiger charge is -2.31. The molecule has 2 aromatic rings. The third-order valence-corrected chi connectivity index (χ3v) is 6.23. The van der Waals surface area contributed by atoms with E-state index in [9.17, 15) is 24.5 Å². The molecule has 4 rings (SSSR count). The van der Waals surface area contributed by atoms with Crippen LogP contribution in [-0.2, 0) is 16.1 Å². The zero-order valence-corrected chi connectivity index (χ0v) is 18.0. The fourth-order valence-corrected chi connectivity index (χ4v) is 4.38. The Morgan fingerprint density at radius 1 is 1.16 bits per heavy atom. The van der Waals surface area contributed by atoms with E-state index in [0.29, 0.717) is 23.4 Å². The Morgan fingerprint density at radius 3 is 2.59 bits per heavy atom. The average molecular weight is 454 g/mol. The van der Waals surface area contributed by atoms with Crippen LogP contribution in [-0.4, -0.2) is 32.7 Å². The zero-order valence-electron chi connectivity index (χ0n) is 17.2. The number of nitrogens with zero attached hydrogens (tertiary/aromatic N) is 3. The lowest BCUT2D eigenvalue weighted by atomic mass is 9.82. The van der Waals surface area contributed by atoms with Gasteiger partial charge in [-0.3, -0.25) is 24.5 Å². The second kappa shape index (κ2) is 8.55. The van der Waals surface area contributed by atoms with Gasteiger partial charge in [-0.05, 0) is 37.5 Å². The van der Waals surface area contributed by atoms with Gasteiger partial charge in [0.25, 0.3) is 23.4 Å². The van der Waals surface area contributed by atoms with Crippen LogP contribution in [0.2, 0.25) is 5.02 Å². The third-order valence-electron chi connectivity index (χ3n) is 5.86. The van der Waals surface area contributed by atoms with Crippen molar-refractivity contribution in [3.05, 3.63) is 86.4 Å². The largest absolute Gasteiger partial charge is 0.273 e. The fraction of sp³-hybridized carbons (Fsp3) is 0.261. The summed E-state index contributed by atoms with van der Waals surface area (Å²) in [5.74, 6) is -2.65. The minimum atomic E-state index is -0.696. The highest BCUT2D eigenvalue weighted by atomic mass is 35.5. The van der Waals surface area contributed by atoms with Crippen molar-refractivity contribution in [3.8, 4) is 0 Å². The van der Waals surface area contributed by atoms with Crippen LogP contribution in [0.1, 0.15) is 35.7 Å². The molecule has 2 aromatic carbocycles. The average Bonchev–Trinajstić information content (AvgIpc) is 3.02. The van der Waals surface area contributed by atoms with Gasteiger partial charge in [0.05, 0.1) is 23.3 Å². The molecule has 9 heteroatoms. The Balaban J connectivity index is 1.75. The Bertz CT molecular complexity index is 1160. The molecule has 0 radical (unpaired) electrons. The van der Waals surface area contributed by atoms with Crippen molar-refractivity contribution in [1.29, 1.82) is 0 Å². The summed E-state index contributed by atoms with van der Waals surface area (Å²) < 4.78 is 0. The minimum Gasteiger partial charge on any atom is -0.272 e. The summed E-state index contributed by atoms with van der Waals surface area (Å²) in [6.07, 6.45) is 2.83. The standard InChI is InChI=1S/C23H20ClN3O5/c1-14-9-10-18-19(11-14)23(30)26(22(18)29)25(13-16-5-2-3-8-20(16)24)21(28)15-6-4-7-17(12-15)27(31)32/h2-9,12,18-19H,10-11,13H2,1H3/t18-,19+/m1/s1. The molecule has 1 heterocycles. The number of allylic oxidation sites excluding steroid dienone is 2. The zero-order chi connectivity index (χ0) is 23.0. The first-order valence-corrected chi connectivity index (χ1v) is 10.5. The van der Waals surface area contributed by atoms with E-state index in [1.54, 1.807) is 24.3 Å². The van der Waals surface area contributed by atoms with Gasteiger partial charge in [0.15, 0.2) is 0 Å². The molecule has 164 valence electrons. The number of hydrazine groups is 1. The van der Waals surface area contributed by atoms with Crippen molar-refractivity contribution in [2.75, 3.05) is 0 Å². The normalized spacial score (nSPS) is 20.1. The van der Waals surface area contributed by atoms with Crippen LogP contribution >= 0.6 is 11.6 Å². The number of halogens is 1. The van der Waals surface area contributed by atoms with Crippen LogP contribution in [0.3, 0.4) is 0 Å². The number of fused-ring (bicyclic) bond motifs is 1. The molecular formula is C23H20ClN3O5. The molecule has 0 N–H and O–H groups in total. The molecule has 0 aromatic heterocycles. The van der Waals surface area contributed by atoms with E-state index in [4.69, 9.17) is 11.6 Å². The second-order valence-electron chi connectivity index (χ2n) is 7.95. The first kappa shape index (κ1) is 21.7. The summed E-state index contributed by atoms with van der Waals surface area (Å²) >= 11 is 6.28. The highest BCUT2D eigenvalue weighted by molar-refractivity contribution is 6.31. The van der Waals surface area contributed by atoms with Crippen LogP contribution in [0.4, 0.5) is 5.69 Å². The summed E-state index contributed by atoms with van der Waals surface area (Å²) in [5, 5.41) is 13.5. The van der Waals surface area contributed by atoms with Crippen LogP contribution in [0.25, 0.3) is 0 Å². The van der Waals surface area contributed by atoms with Crippen molar-refractivity contribution in [1.82, 2.24) is 10.0 Å². The second-order valence-corrected chi connectivity index (χ2v) is 8.36. The number of hydrogen-bond donors (Lipinski definition) is 0. The number of nitro benzene ring substituents is 1. The summed E-state index contributed by atoms with van der Waals surface area (Å²) in [4.78, 5) is 50.6. The quantitative estimate of drug-likeness (QED) is 0.293. The molecule has 0 spiro atoms. The van der Waals surface area contributed by atoms with E-state index in [0.717, 1.165) is 21.7 Å². The number of non-ortho nitro benzene ring substituents is 1. The summed E-state index contributed by atoms with van der Waals surface area (Å²) in [5.41, 5.74) is 1.30. The molecule has 0 bridgehead atoms. The Morgan fingerprint density at radius 2 is 1.88 bits per heavy atom. The molecule has 1 saturated heterocycles. The SMILES string of the molecule is CC1=CC[C@H]2C(=O)N(N(Cc3ccccc3Cl)C(=O)c3cccc([N+](=O)[O-])c3)C(=O)[C@H]2C1. The van der Waals surface area contributed by atoms with E-state index < -0.39 is 34.5 Å². The number of rotatable bonds is 5. The Labute approximate surface area is 189 Å². The van der Waals surface area contributed by atoms with Gasteiger partial charge in [-0.25, -0.2) is 5.01 Å². The van der Waals surface area contributed by atoms with Crippen LogP contribution in [0.5, 0.6) is 0 Å². The first-order valence-electron chi connectivity index (χ1n) is 10.1. The highest BCUT2D eigenvalue weighted by Gasteiger charge is 2.51. The molecule has 0 unspecified atom stereocenters. The molecule has 1 aliphatic heterocycles. The number of amides is 3. The van der Waals surface area contributed by atoms with Crippen molar-refractivity contribution in [3.63, 3.8) is 0 Å². The van der Waals surface area contributed by atoms with E-state index in [-0.39, 0.29) is 17.8 Å². The molecule has 0 saturated carbocycles. The number of imide groups is 1. The van der Waals surface area contributed by atoms with Gasteiger partial charge in [-0.2, -0.15) is 5.01 Å². The summed E-state index contributed by atoms with van der Waals surface area (Å²) in [7, 11) is 0. The van der Waals surface area contributed by atoms with Gasteiger partial charge in [0, 0.05) is 22.7 Å². The van der Waals surface area contributed by atoms with Crippen molar-refractivity contribution >= 4 is 35.0 Å².